The zero-order chi connectivity index (χ0) is 12.3. The molecule has 2 rings (SSSR count). The van der Waals surface area contributed by atoms with Crippen LogP contribution in [0.1, 0.15) is 36.0 Å². The van der Waals surface area contributed by atoms with Crippen LogP contribution < -0.4 is 5.32 Å². The normalized spacial score (nSPS) is 24.6. The summed E-state index contributed by atoms with van der Waals surface area (Å²) >= 11 is 0. The molecular weight excluding hydrogens is 218 g/mol. The quantitative estimate of drug-likeness (QED) is 0.813. The minimum absolute atomic E-state index is 0.0655. The number of carbonyl (C=O) groups excluding carboxylic acids is 1. The summed E-state index contributed by atoms with van der Waals surface area (Å²) in [6.45, 7) is 0.695. The molecule has 1 aromatic heterocycles. The van der Waals surface area contributed by atoms with Gasteiger partial charge in [0, 0.05) is 19.8 Å². The predicted octanol–water partition coefficient (Wildman–Crippen LogP) is 0.701. The number of aliphatic hydroxyl groups is 1. The smallest absolute Gasteiger partial charge is 0.254 e. The van der Waals surface area contributed by atoms with Crippen LogP contribution >= 0.6 is 0 Å². The maximum absolute atomic E-state index is 11.8. The standard InChI is InChI=1S/C12H19N3O2/c1-15-8-10(7-14-15)12(17)13-6-9-2-4-11(16)5-3-9/h7-9,11,16H,2-6H2,1H3,(H,13,17). The van der Waals surface area contributed by atoms with Crippen molar-refractivity contribution in [2.45, 2.75) is 31.8 Å². The van der Waals surface area contributed by atoms with Crippen LogP contribution in [-0.4, -0.2) is 33.4 Å². The number of rotatable bonds is 3. The zero-order valence-electron chi connectivity index (χ0n) is 10.1. The number of nitrogens with zero attached hydrogens (tertiary/aromatic N) is 2. The van der Waals surface area contributed by atoms with Gasteiger partial charge in [0.2, 0.25) is 0 Å². The van der Waals surface area contributed by atoms with Gasteiger partial charge in [-0.25, -0.2) is 0 Å². The van der Waals surface area contributed by atoms with E-state index in [0.29, 0.717) is 18.0 Å². The third-order valence-electron chi connectivity index (χ3n) is 3.33. The van der Waals surface area contributed by atoms with Crippen LogP contribution in [0.25, 0.3) is 0 Å². The summed E-state index contributed by atoms with van der Waals surface area (Å²) in [6.07, 6.45) is 6.84. The lowest BCUT2D eigenvalue weighted by Crippen LogP contribution is -2.31. The number of amides is 1. The SMILES string of the molecule is Cn1cc(C(=O)NCC2CCC(O)CC2)cn1. The molecule has 5 heteroatoms. The molecule has 1 amide bonds. The van der Waals surface area contributed by atoms with Gasteiger partial charge in [0.1, 0.15) is 0 Å². The second-order valence-electron chi connectivity index (χ2n) is 4.79. The molecule has 94 valence electrons. The van der Waals surface area contributed by atoms with E-state index < -0.39 is 0 Å². The van der Waals surface area contributed by atoms with E-state index in [-0.39, 0.29) is 12.0 Å². The van der Waals surface area contributed by atoms with Crippen molar-refractivity contribution in [1.29, 1.82) is 0 Å². The monoisotopic (exact) mass is 237 g/mol. The van der Waals surface area contributed by atoms with Gasteiger partial charge in [-0.3, -0.25) is 9.48 Å². The number of carbonyl (C=O) groups is 1. The summed E-state index contributed by atoms with van der Waals surface area (Å²) in [4.78, 5) is 11.8. The Morgan fingerprint density at radius 2 is 2.24 bits per heavy atom. The largest absolute Gasteiger partial charge is 0.393 e. The fraction of sp³-hybridized carbons (Fsp3) is 0.667. The van der Waals surface area contributed by atoms with Crippen LogP contribution in [0.2, 0.25) is 0 Å². The van der Waals surface area contributed by atoms with Crippen LogP contribution in [0.5, 0.6) is 0 Å². The number of hydrogen-bond acceptors (Lipinski definition) is 3. The van der Waals surface area contributed by atoms with E-state index in [1.165, 1.54) is 0 Å². The number of nitrogens with one attached hydrogen (secondary N) is 1. The number of aryl methyl sites for hydroxylation is 1. The van der Waals surface area contributed by atoms with Crippen LogP contribution in [0.3, 0.4) is 0 Å². The van der Waals surface area contributed by atoms with Crippen molar-refractivity contribution >= 4 is 5.91 Å². The van der Waals surface area contributed by atoms with Gasteiger partial charge in [-0.1, -0.05) is 0 Å². The molecule has 0 radical (unpaired) electrons. The minimum atomic E-state index is -0.139. The summed E-state index contributed by atoms with van der Waals surface area (Å²) in [5, 5.41) is 16.3. The van der Waals surface area contributed by atoms with Gasteiger partial charge in [-0.05, 0) is 31.6 Å². The van der Waals surface area contributed by atoms with Crippen molar-refractivity contribution in [2.24, 2.45) is 13.0 Å². The van der Waals surface area contributed by atoms with E-state index in [4.69, 9.17) is 0 Å². The van der Waals surface area contributed by atoms with Gasteiger partial charge in [0.15, 0.2) is 0 Å². The van der Waals surface area contributed by atoms with Gasteiger partial charge in [-0.15, -0.1) is 0 Å². The highest BCUT2D eigenvalue weighted by Gasteiger charge is 2.20. The van der Waals surface area contributed by atoms with E-state index in [9.17, 15) is 9.90 Å². The van der Waals surface area contributed by atoms with Crippen molar-refractivity contribution < 1.29 is 9.90 Å². The minimum Gasteiger partial charge on any atom is -0.393 e. The topological polar surface area (TPSA) is 67.2 Å². The van der Waals surface area contributed by atoms with Gasteiger partial charge in [0.25, 0.3) is 5.91 Å². The lowest BCUT2D eigenvalue weighted by molar-refractivity contribution is 0.0910. The second kappa shape index (κ2) is 5.31. The number of hydrogen-bond donors (Lipinski definition) is 2. The number of aliphatic hydroxyl groups excluding tert-OH is 1. The molecule has 1 aliphatic carbocycles. The molecule has 5 nitrogen and oxygen atoms in total. The van der Waals surface area contributed by atoms with E-state index in [1.54, 1.807) is 24.1 Å². The van der Waals surface area contributed by atoms with Crippen LogP contribution in [0, 0.1) is 5.92 Å². The second-order valence-corrected chi connectivity index (χ2v) is 4.79. The van der Waals surface area contributed by atoms with E-state index in [2.05, 4.69) is 10.4 Å². The number of aromatic nitrogens is 2. The maximum Gasteiger partial charge on any atom is 0.254 e. The first kappa shape index (κ1) is 12.1. The van der Waals surface area contributed by atoms with Gasteiger partial charge in [-0.2, -0.15) is 5.10 Å². The first-order chi connectivity index (χ1) is 8.15. The lowest BCUT2D eigenvalue weighted by atomic mass is 9.87. The van der Waals surface area contributed by atoms with E-state index in [0.717, 1.165) is 25.7 Å². The Balaban J connectivity index is 1.76. The van der Waals surface area contributed by atoms with Gasteiger partial charge >= 0.3 is 0 Å². The Morgan fingerprint density at radius 3 is 2.82 bits per heavy atom. The summed E-state index contributed by atoms with van der Waals surface area (Å²) < 4.78 is 1.62. The molecule has 0 saturated heterocycles. The fourth-order valence-corrected chi connectivity index (χ4v) is 2.23. The van der Waals surface area contributed by atoms with Crippen LogP contribution in [0.4, 0.5) is 0 Å². The van der Waals surface area contributed by atoms with Gasteiger partial charge < -0.3 is 10.4 Å². The van der Waals surface area contributed by atoms with Crippen LogP contribution in [-0.2, 0) is 7.05 Å². The molecule has 1 saturated carbocycles. The Labute approximate surface area is 101 Å². The summed E-state index contributed by atoms with van der Waals surface area (Å²) in [5.41, 5.74) is 0.600. The highest BCUT2D eigenvalue weighted by Crippen LogP contribution is 2.23. The van der Waals surface area contributed by atoms with Gasteiger partial charge in [0.05, 0.1) is 17.9 Å². The van der Waals surface area contributed by atoms with Crippen molar-refractivity contribution in [3.63, 3.8) is 0 Å². The average Bonchev–Trinajstić information content (AvgIpc) is 2.75. The molecule has 0 bridgehead atoms. The Morgan fingerprint density at radius 1 is 1.53 bits per heavy atom. The zero-order valence-corrected chi connectivity index (χ0v) is 10.1. The van der Waals surface area contributed by atoms with Crippen LogP contribution in [0.15, 0.2) is 12.4 Å². The highest BCUT2D eigenvalue weighted by atomic mass is 16.3. The fourth-order valence-electron chi connectivity index (χ4n) is 2.23. The molecule has 0 unspecified atom stereocenters. The van der Waals surface area contributed by atoms with Crippen molar-refractivity contribution in [3.05, 3.63) is 18.0 Å². The Kier molecular flexibility index (Phi) is 3.78. The van der Waals surface area contributed by atoms with Crippen molar-refractivity contribution in [1.82, 2.24) is 15.1 Å². The molecule has 2 N–H and O–H groups in total. The molecule has 1 fully saturated rings. The van der Waals surface area contributed by atoms with Crippen molar-refractivity contribution in [2.75, 3.05) is 6.54 Å². The highest BCUT2D eigenvalue weighted by molar-refractivity contribution is 5.93. The molecular formula is C12H19N3O2. The third kappa shape index (κ3) is 3.30. The van der Waals surface area contributed by atoms with E-state index >= 15 is 0 Å². The van der Waals surface area contributed by atoms with Crippen molar-refractivity contribution in [3.8, 4) is 0 Å². The molecule has 1 aliphatic rings. The summed E-state index contributed by atoms with van der Waals surface area (Å²) in [7, 11) is 1.79. The molecule has 0 aliphatic heterocycles. The average molecular weight is 237 g/mol. The first-order valence-electron chi connectivity index (χ1n) is 6.10. The Bertz CT molecular complexity index is 381. The third-order valence-corrected chi connectivity index (χ3v) is 3.33. The predicted molar refractivity (Wildman–Crippen MR) is 63.5 cm³/mol. The molecule has 1 aromatic rings. The summed E-state index contributed by atoms with van der Waals surface area (Å²) in [6, 6.07) is 0. The first-order valence-corrected chi connectivity index (χ1v) is 6.10. The lowest BCUT2D eigenvalue weighted by Gasteiger charge is -2.25. The molecule has 0 atom stereocenters. The maximum atomic E-state index is 11.8. The molecule has 17 heavy (non-hydrogen) atoms. The Hall–Kier alpha value is -1.36. The molecule has 0 aromatic carbocycles. The molecule has 1 heterocycles. The summed E-state index contributed by atoms with van der Waals surface area (Å²) in [5.74, 6) is 0.434. The van der Waals surface area contributed by atoms with E-state index in [1.807, 2.05) is 0 Å². The molecule has 0 spiro atoms.